The van der Waals surface area contributed by atoms with Crippen LogP contribution in [-0.2, 0) is 0 Å². The standard InChI is InChI=1S/C19H18FN3OS/c20-15-7-3-2-6-14(15)18-22-16-12-13(8-9-17(16)25-18)21-19(24)23-10-4-1-5-11-23/h2-3,6-9,12H,1,4-5,10-11H2,(H,21,24). The molecule has 0 bridgehead atoms. The van der Waals surface area contributed by atoms with Crippen LogP contribution in [0.4, 0.5) is 14.9 Å². The Bertz CT molecular complexity index is 918. The molecular weight excluding hydrogens is 337 g/mol. The number of thiazole rings is 1. The first-order valence-corrected chi connectivity index (χ1v) is 9.24. The summed E-state index contributed by atoms with van der Waals surface area (Å²) >= 11 is 1.45. The van der Waals surface area contributed by atoms with Crippen molar-refractivity contribution in [3.8, 4) is 10.6 Å². The molecule has 1 aliphatic rings. The number of fused-ring (bicyclic) bond motifs is 1. The summed E-state index contributed by atoms with van der Waals surface area (Å²) in [7, 11) is 0. The molecule has 0 atom stereocenters. The monoisotopic (exact) mass is 355 g/mol. The predicted octanol–water partition coefficient (Wildman–Crippen LogP) is 5.12. The number of amides is 2. The number of nitrogens with zero attached hydrogens (tertiary/aromatic N) is 2. The summed E-state index contributed by atoms with van der Waals surface area (Å²) in [5.41, 5.74) is 1.98. The first-order chi connectivity index (χ1) is 12.2. The molecule has 0 aliphatic carbocycles. The molecule has 0 spiro atoms. The summed E-state index contributed by atoms with van der Waals surface area (Å²) < 4.78 is 14.9. The summed E-state index contributed by atoms with van der Waals surface area (Å²) in [5, 5.41) is 3.59. The third-order valence-corrected chi connectivity index (χ3v) is 5.46. The lowest BCUT2D eigenvalue weighted by Crippen LogP contribution is -2.38. The second kappa shape index (κ2) is 6.80. The van der Waals surface area contributed by atoms with Gasteiger partial charge in [0.1, 0.15) is 10.8 Å². The number of rotatable bonds is 2. The van der Waals surface area contributed by atoms with Crippen LogP contribution in [-0.4, -0.2) is 29.0 Å². The fraction of sp³-hybridized carbons (Fsp3) is 0.263. The third kappa shape index (κ3) is 3.35. The molecule has 2 amide bonds. The van der Waals surface area contributed by atoms with Crippen LogP contribution in [0.1, 0.15) is 19.3 Å². The van der Waals surface area contributed by atoms with E-state index in [9.17, 15) is 9.18 Å². The zero-order chi connectivity index (χ0) is 17.2. The Morgan fingerprint density at radius 3 is 2.72 bits per heavy atom. The van der Waals surface area contributed by atoms with E-state index in [0.717, 1.165) is 36.1 Å². The number of urea groups is 1. The number of halogens is 1. The van der Waals surface area contributed by atoms with Gasteiger partial charge in [-0.1, -0.05) is 12.1 Å². The zero-order valence-corrected chi connectivity index (χ0v) is 14.5. The average molecular weight is 355 g/mol. The number of piperidine rings is 1. The molecule has 25 heavy (non-hydrogen) atoms. The van der Waals surface area contributed by atoms with Gasteiger partial charge in [-0.2, -0.15) is 0 Å². The summed E-state index contributed by atoms with van der Waals surface area (Å²) in [6.45, 7) is 1.62. The van der Waals surface area contributed by atoms with Gasteiger partial charge in [-0.05, 0) is 49.6 Å². The lowest BCUT2D eigenvalue weighted by molar-refractivity contribution is 0.200. The summed E-state index contributed by atoms with van der Waals surface area (Å²) in [5.74, 6) is -0.278. The zero-order valence-electron chi connectivity index (χ0n) is 13.7. The smallest absolute Gasteiger partial charge is 0.321 e. The summed E-state index contributed by atoms with van der Waals surface area (Å²) in [6, 6.07) is 12.2. The lowest BCUT2D eigenvalue weighted by atomic mass is 10.1. The highest BCUT2D eigenvalue weighted by Gasteiger charge is 2.17. The Morgan fingerprint density at radius 1 is 1.12 bits per heavy atom. The van der Waals surface area contributed by atoms with Crippen LogP contribution in [0, 0.1) is 5.82 Å². The molecule has 4 nitrogen and oxygen atoms in total. The molecule has 1 saturated heterocycles. The van der Waals surface area contributed by atoms with Gasteiger partial charge in [0.25, 0.3) is 0 Å². The van der Waals surface area contributed by atoms with Gasteiger partial charge in [0.05, 0.1) is 10.2 Å². The highest BCUT2D eigenvalue weighted by molar-refractivity contribution is 7.21. The van der Waals surface area contributed by atoms with Crippen LogP contribution in [0.3, 0.4) is 0 Å². The van der Waals surface area contributed by atoms with E-state index in [-0.39, 0.29) is 11.8 Å². The maximum Gasteiger partial charge on any atom is 0.321 e. The molecule has 2 heterocycles. The summed E-state index contributed by atoms with van der Waals surface area (Å²) in [6.07, 6.45) is 3.31. The quantitative estimate of drug-likeness (QED) is 0.693. The van der Waals surface area contributed by atoms with Crippen LogP contribution in [0.2, 0.25) is 0 Å². The van der Waals surface area contributed by atoms with Crippen molar-refractivity contribution in [1.82, 2.24) is 9.88 Å². The number of anilines is 1. The van der Waals surface area contributed by atoms with E-state index in [1.54, 1.807) is 18.2 Å². The van der Waals surface area contributed by atoms with E-state index in [4.69, 9.17) is 0 Å². The van der Waals surface area contributed by atoms with Crippen LogP contribution < -0.4 is 5.32 Å². The first-order valence-electron chi connectivity index (χ1n) is 8.42. The van der Waals surface area contributed by atoms with E-state index >= 15 is 0 Å². The van der Waals surface area contributed by atoms with E-state index in [2.05, 4.69) is 10.3 Å². The second-order valence-corrected chi connectivity index (χ2v) is 7.19. The van der Waals surface area contributed by atoms with Crippen molar-refractivity contribution < 1.29 is 9.18 Å². The fourth-order valence-electron chi connectivity index (χ4n) is 3.05. The molecule has 128 valence electrons. The predicted molar refractivity (Wildman–Crippen MR) is 99.5 cm³/mol. The van der Waals surface area contributed by atoms with Crippen molar-refractivity contribution in [1.29, 1.82) is 0 Å². The maximum absolute atomic E-state index is 14.0. The number of aromatic nitrogens is 1. The van der Waals surface area contributed by atoms with Crippen LogP contribution in [0.25, 0.3) is 20.8 Å². The molecule has 0 unspecified atom stereocenters. The number of likely N-dealkylation sites (tertiary alicyclic amines) is 1. The van der Waals surface area contributed by atoms with E-state index < -0.39 is 0 Å². The molecule has 6 heteroatoms. The van der Waals surface area contributed by atoms with Gasteiger partial charge in [-0.15, -0.1) is 11.3 Å². The number of benzene rings is 2. The van der Waals surface area contributed by atoms with Gasteiger partial charge in [-0.25, -0.2) is 14.2 Å². The largest absolute Gasteiger partial charge is 0.325 e. The lowest BCUT2D eigenvalue weighted by Gasteiger charge is -2.26. The average Bonchev–Trinajstić information content (AvgIpc) is 3.06. The Balaban J connectivity index is 1.58. The van der Waals surface area contributed by atoms with Gasteiger partial charge >= 0.3 is 6.03 Å². The Kier molecular flexibility index (Phi) is 4.36. The number of hydrogen-bond donors (Lipinski definition) is 1. The molecular formula is C19H18FN3OS. The Labute approximate surface area is 149 Å². The number of carbonyl (C=O) groups is 1. The molecule has 2 aromatic carbocycles. The number of hydrogen-bond acceptors (Lipinski definition) is 3. The van der Waals surface area contributed by atoms with Crippen molar-refractivity contribution in [2.75, 3.05) is 18.4 Å². The molecule has 4 rings (SSSR count). The highest BCUT2D eigenvalue weighted by Crippen LogP contribution is 2.32. The van der Waals surface area contributed by atoms with Gasteiger partial charge in [0.15, 0.2) is 0 Å². The number of carbonyl (C=O) groups excluding carboxylic acids is 1. The topological polar surface area (TPSA) is 45.2 Å². The number of nitrogens with one attached hydrogen (secondary N) is 1. The highest BCUT2D eigenvalue weighted by atomic mass is 32.1. The molecule has 0 radical (unpaired) electrons. The summed E-state index contributed by atoms with van der Waals surface area (Å²) in [4.78, 5) is 18.7. The minimum atomic E-state index is -0.278. The van der Waals surface area contributed by atoms with Gasteiger partial charge in [0.2, 0.25) is 0 Å². The van der Waals surface area contributed by atoms with E-state index in [1.807, 2.05) is 23.1 Å². The van der Waals surface area contributed by atoms with Crippen molar-refractivity contribution in [2.45, 2.75) is 19.3 Å². The minimum Gasteiger partial charge on any atom is -0.325 e. The minimum absolute atomic E-state index is 0.0661. The van der Waals surface area contributed by atoms with Gasteiger partial charge in [0, 0.05) is 24.3 Å². The SMILES string of the molecule is O=C(Nc1ccc2sc(-c3ccccc3F)nc2c1)N1CCCCC1. The van der Waals surface area contributed by atoms with Crippen molar-refractivity contribution in [3.05, 3.63) is 48.3 Å². The molecule has 1 fully saturated rings. The van der Waals surface area contributed by atoms with E-state index in [1.165, 1.54) is 23.8 Å². The van der Waals surface area contributed by atoms with Crippen molar-refractivity contribution in [3.63, 3.8) is 0 Å². The van der Waals surface area contributed by atoms with Gasteiger partial charge < -0.3 is 10.2 Å². The van der Waals surface area contributed by atoms with Gasteiger partial charge in [-0.3, -0.25) is 0 Å². The molecule has 1 aromatic heterocycles. The molecule has 1 N–H and O–H groups in total. The Hall–Kier alpha value is -2.47. The maximum atomic E-state index is 14.0. The van der Waals surface area contributed by atoms with Crippen molar-refractivity contribution in [2.24, 2.45) is 0 Å². The van der Waals surface area contributed by atoms with E-state index in [0.29, 0.717) is 16.3 Å². The van der Waals surface area contributed by atoms with Crippen LogP contribution >= 0.6 is 11.3 Å². The first kappa shape index (κ1) is 16.0. The molecule has 0 saturated carbocycles. The van der Waals surface area contributed by atoms with Crippen molar-refractivity contribution >= 4 is 33.3 Å². The van der Waals surface area contributed by atoms with Crippen LogP contribution in [0.15, 0.2) is 42.5 Å². The second-order valence-electron chi connectivity index (χ2n) is 6.16. The Morgan fingerprint density at radius 2 is 1.92 bits per heavy atom. The third-order valence-electron chi connectivity index (χ3n) is 4.39. The fourth-order valence-corrected chi connectivity index (χ4v) is 4.03. The normalized spacial score (nSPS) is 14.7. The van der Waals surface area contributed by atoms with Crippen LogP contribution in [0.5, 0.6) is 0 Å². The molecule has 3 aromatic rings. The molecule has 1 aliphatic heterocycles.